The summed E-state index contributed by atoms with van der Waals surface area (Å²) in [6.45, 7) is 6.40. The molecule has 0 unspecified atom stereocenters. The summed E-state index contributed by atoms with van der Waals surface area (Å²) in [4.78, 5) is 4.28. The highest BCUT2D eigenvalue weighted by Crippen LogP contribution is 2.34. The molecule has 0 saturated carbocycles. The topological polar surface area (TPSA) is 34.2 Å². The molecule has 1 heterocycles. The lowest BCUT2D eigenvalue weighted by Gasteiger charge is -2.13. The molecule has 0 aliphatic heterocycles. The zero-order valence-electron chi connectivity index (χ0n) is 12.5. The van der Waals surface area contributed by atoms with E-state index in [0.717, 1.165) is 0 Å². The molecule has 3 nitrogen and oxygen atoms in total. The Morgan fingerprint density at radius 2 is 1.86 bits per heavy atom. The molecule has 1 aromatic heterocycles. The number of rotatable bonds is 4. The molecule has 5 heteroatoms. The Kier molecular flexibility index (Phi) is 4.96. The molecule has 0 amide bonds. The SMILES string of the molecule is CNc1nc(Oc2ccc(C(C)C)c(C)c2)c(Cl)cc1Cl. The minimum absolute atomic E-state index is 0.335. The highest BCUT2D eigenvalue weighted by atomic mass is 35.5. The van der Waals surface area contributed by atoms with E-state index in [2.05, 4.69) is 37.1 Å². The van der Waals surface area contributed by atoms with Crippen LogP contribution in [-0.2, 0) is 0 Å². The average Bonchev–Trinajstić information content (AvgIpc) is 2.41. The Balaban J connectivity index is 2.32. The number of halogens is 2. The fraction of sp³-hybridized carbons (Fsp3) is 0.312. The van der Waals surface area contributed by atoms with Crippen LogP contribution in [0.15, 0.2) is 24.3 Å². The molecule has 112 valence electrons. The van der Waals surface area contributed by atoms with Crippen LogP contribution in [0.3, 0.4) is 0 Å². The fourth-order valence-electron chi connectivity index (χ4n) is 2.17. The predicted octanol–water partition coefficient (Wildman–Crippen LogP) is 5.65. The molecular formula is C16H18Cl2N2O. The third kappa shape index (κ3) is 3.60. The number of aryl methyl sites for hydroxylation is 1. The van der Waals surface area contributed by atoms with Crippen LogP contribution in [0.25, 0.3) is 0 Å². The van der Waals surface area contributed by atoms with E-state index in [0.29, 0.717) is 33.4 Å². The zero-order valence-corrected chi connectivity index (χ0v) is 14.0. The number of nitrogens with one attached hydrogen (secondary N) is 1. The zero-order chi connectivity index (χ0) is 15.6. The minimum atomic E-state index is 0.335. The first kappa shape index (κ1) is 15.9. The van der Waals surface area contributed by atoms with Crippen LogP contribution in [0.1, 0.15) is 30.9 Å². The summed E-state index contributed by atoms with van der Waals surface area (Å²) in [5.74, 6) is 2.05. The van der Waals surface area contributed by atoms with Crippen molar-refractivity contribution < 1.29 is 4.74 Å². The standard InChI is InChI=1S/C16H18Cl2N2O/c1-9(2)12-6-5-11(7-10(12)3)21-16-14(18)8-13(17)15(19-4)20-16/h5-9H,1-4H3,(H,19,20). The monoisotopic (exact) mass is 324 g/mol. The van der Waals surface area contributed by atoms with Crippen molar-refractivity contribution in [2.75, 3.05) is 12.4 Å². The molecule has 0 aliphatic carbocycles. The van der Waals surface area contributed by atoms with Gasteiger partial charge in [0.15, 0.2) is 0 Å². The fourth-order valence-corrected chi connectivity index (χ4v) is 2.66. The second-order valence-electron chi connectivity index (χ2n) is 5.13. The first-order chi connectivity index (χ1) is 9.92. The van der Waals surface area contributed by atoms with Gasteiger partial charge in [0, 0.05) is 7.05 Å². The lowest BCUT2D eigenvalue weighted by Crippen LogP contribution is -1.98. The number of anilines is 1. The summed E-state index contributed by atoms with van der Waals surface area (Å²) in [7, 11) is 1.74. The molecule has 2 aromatic rings. The Bertz CT molecular complexity index is 657. The van der Waals surface area contributed by atoms with Gasteiger partial charge in [-0.15, -0.1) is 0 Å². The number of ether oxygens (including phenoxy) is 1. The van der Waals surface area contributed by atoms with Gasteiger partial charge >= 0.3 is 0 Å². The van der Waals surface area contributed by atoms with E-state index < -0.39 is 0 Å². The van der Waals surface area contributed by atoms with Crippen molar-refractivity contribution in [1.82, 2.24) is 4.98 Å². The maximum absolute atomic E-state index is 6.13. The van der Waals surface area contributed by atoms with Crippen molar-refractivity contribution >= 4 is 29.0 Å². The van der Waals surface area contributed by atoms with Crippen LogP contribution in [0.4, 0.5) is 5.82 Å². The number of pyridine rings is 1. The number of benzene rings is 1. The molecule has 0 radical (unpaired) electrons. The van der Waals surface area contributed by atoms with Gasteiger partial charge in [-0.1, -0.05) is 43.1 Å². The Morgan fingerprint density at radius 1 is 1.14 bits per heavy atom. The molecule has 0 aliphatic rings. The first-order valence-corrected chi connectivity index (χ1v) is 7.50. The lowest BCUT2D eigenvalue weighted by molar-refractivity contribution is 0.463. The molecular weight excluding hydrogens is 307 g/mol. The van der Waals surface area contributed by atoms with Gasteiger partial charge in [0.1, 0.15) is 16.6 Å². The third-order valence-electron chi connectivity index (χ3n) is 3.21. The van der Waals surface area contributed by atoms with Gasteiger partial charge in [0.05, 0.1) is 5.02 Å². The molecule has 0 atom stereocenters. The lowest BCUT2D eigenvalue weighted by atomic mass is 9.98. The minimum Gasteiger partial charge on any atom is -0.437 e. The molecule has 1 aromatic carbocycles. The second kappa shape index (κ2) is 6.54. The number of nitrogens with zero attached hydrogens (tertiary/aromatic N) is 1. The van der Waals surface area contributed by atoms with E-state index in [1.807, 2.05) is 12.1 Å². The molecule has 0 saturated heterocycles. The van der Waals surface area contributed by atoms with Gasteiger partial charge in [0.25, 0.3) is 0 Å². The molecule has 0 bridgehead atoms. The maximum atomic E-state index is 6.13. The summed E-state index contributed by atoms with van der Waals surface area (Å²) >= 11 is 12.2. The molecule has 0 spiro atoms. The van der Waals surface area contributed by atoms with Gasteiger partial charge in [0.2, 0.25) is 5.88 Å². The quantitative estimate of drug-likeness (QED) is 0.788. The first-order valence-electron chi connectivity index (χ1n) is 6.74. The van der Waals surface area contributed by atoms with E-state index in [-0.39, 0.29) is 0 Å². The Labute approximate surface area is 135 Å². The van der Waals surface area contributed by atoms with Crippen molar-refractivity contribution in [2.45, 2.75) is 26.7 Å². The third-order valence-corrected chi connectivity index (χ3v) is 3.77. The summed E-state index contributed by atoms with van der Waals surface area (Å²) in [5, 5.41) is 3.74. The summed E-state index contributed by atoms with van der Waals surface area (Å²) in [5.41, 5.74) is 2.48. The second-order valence-corrected chi connectivity index (χ2v) is 5.95. The van der Waals surface area contributed by atoms with E-state index in [1.54, 1.807) is 13.1 Å². The Hall–Kier alpha value is -1.45. The van der Waals surface area contributed by atoms with Crippen LogP contribution in [0.2, 0.25) is 10.0 Å². The van der Waals surface area contributed by atoms with Crippen LogP contribution < -0.4 is 10.1 Å². The largest absolute Gasteiger partial charge is 0.437 e. The summed E-state index contributed by atoms with van der Waals surface area (Å²) in [6, 6.07) is 7.60. The summed E-state index contributed by atoms with van der Waals surface area (Å²) in [6.07, 6.45) is 0. The van der Waals surface area contributed by atoms with E-state index in [9.17, 15) is 0 Å². The van der Waals surface area contributed by atoms with Gasteiger partial charge in [-0.25, -0.2) is 0 Å². The van der Waals surface area contributed by atoms with Crippen molar-refractivity contribution in [3.63, 3.8) is 0 Å². The highest BCUT2D eigenvalue weighted by Gasteiger charge is 2.11. The van der Waals surface area contributed by atoms with Gasteiger partial charge in [-0.2, -0.15) is 4.98 Å². The smallest absolute Gasteiger partial charge is 0.240 e. The van der Waals surface area contributed by atoms with Gasteiger partial charge < -0.3 is 10.1 Å². The molecule has 21 heavy (non-hydrogen) atoms. The highest BCUT2D eigenvalue weighted by molar-refractivity contribution is 6.36. The van der Waals surface area contributed by atoms with Crippen molar-refractivity contribution in [2.24, 2.45) is 0 Å². The summed E-state index contributed by atoms with van der Waals surface area (Å²) < 4.78 is 5.78. The molecule has 0 fully saturated rings. The van der Waals surface area contributed by atoms with Crippen LogP contribution in [0.5, 0.6) is 11.6 Å². The number of hydrogen-bond donors (Lipinski definition) is 1. The number of aromatic nitrogens is 1. The number of hydrogen-bond acceptors (Lipinski definition) is 3. The van der Waals surface area contributed by atoms with Crippen molar-refractivity contribution in [1.29, 1.82) is 0 Å². The van der Waals surface area contributed by atoms with Crippen LogP contribution in [0, 0.1) is 6.92 Å². The van der Waals surface area contributed by atoms with Crippen LogP contribution in [-0.4, -0.2) is 12.0 Å². The van der Waals surface area contributed by atoms with E-state index in [4.69, 9.17) is 27.9 Å². The van der Waals surface area contributed by atoms with Crippen molar-refractivity contribution in [3.05, 3.63) is 45.4 Å². The predicted molar refractivity (Wildman–Crippen MR) is 89.1 cm³/mol. The molecule has 1 N–H and O–H groups in total. The van der Waals surface area contributed by atoms with Crippen molar-refractivity contribution in [3.8, 4) is 11.6 Å². The van der Waals surface area contributed by atoms with E-state index in [1.165, 1.54) is 11.1 Å². The Morgan fingerprint density at radius 3 is 2.43 bits per heavy atom. The molecule has 2 rings (SSSR count). The normalized spacial score (nSPS) is 10.8. The van der Waals surface area contributed by atoms with Gasteiger partial charge in [-0.05, 0) is 42.2 Å². The maximum Gasteiger partial charge on any atom is 0.240 e. The van der Waals surface area contributed by atoms with Gasteiger partial charge in [-0.3, -0.25) is 0 Å². The van der Waals surface area contributed by atoms with Crippen LogP contribution >= 0.6 is 23.2 Å². The average molecular weight is 325 g/mol. The van der Waals surface area contributed by atoms with E-state index >= 15 is 0 Å².